The minimum absolute atomic E-state index is 1.26. The molecule has 0 unspecified atom stereocenters. The molecule has 0 aliphatic heterocycles. The summed E-state index contributed by atoms with van der Waals surface area (Å²) in [5, 5.41) is 2.64. The van der Waals surface area contributed by atoms with Crippen LogP contribution in [0, 0.1) is 55.4 Å². The van der Waals surface area contributed by atoms with E-state index in [2.05, 4.69) is 565 Å². The van der Waals surface area contributed by atoms with E-state index in [4.69, 9.17) is 0 Å². The summed E-state index contributed by atoms with van der Waals surface area (Å²) < 4.78 is 0. The summed E-state index contributed by atoms with van der Waals surface area (Å²) in [6, 6.07) is 192. The SMILES string of the molecule is Cc1cc(-c2ccccc2)cc(-c2ccccc2)c1.Cc1ccc(-c2ccc(-c3ccccc3)cc2)cc1.Cc1ccc(-c2cccc(-c3ccccc3)c2)cc1.Cc1ccc(-c2ccccc2)cc1.Cc1ccc2ccccc2c1.Cc1cccc(-c2ccc(-c3ccccc3)cc2)c1.Cc1cccc(-c2cccc(-c3ccccc3)c2)c1.Cc1cccc(-c2ccccc2)c1. The van der Waals surface area contributed by atoms with Crippen molar-refractivity contribution in [2.75, 3.05) is 0 Å². The number of aryl methyl sites for hydroxylation is 8. The molecule has 0 heteroatoms. The number of benzene rings is 21. The maximum Gasteiger partial charge on any atom is -0.0175 e. The van der Waals surface area contributed by atoms with Crippen molar-refractivity contribution < 1.29 is 0 Å². The van der Waals surface area contributed by atoms with Crippen molar-refractivity contribution in [1.29, 1.82) is 0 Å². The van der Waals surface area contributed by atoms with Gasteiger partial charge < -0.3 is 0 Å². The lowest BCUT2D eigenvalue weighted by atomic mass is 9.97. The molecule has 0 aliphatic carbocycles. The minimum Gasteiger partial charge on any atom is -0.0622 e. The standard InChI is InChI=1S/5C19H16.2C13H12.C11H10/c1-15-12-18(16-8-4-2-5-9-16)14-19(13-15)17-10-6-3-7-11-17;1-15-7-5-10-17(13-15)19-12-6-11-18(14-19)16-8-3-2-4-9-16;1-15-6-5-9-19(14-15)18-12-10-17(11-13-18)16-7-3-2-4-8-16;1-15-10-12-17(13-11-15)19-9-5-8-18(14-19)16-6-3-2-4-7-16;1-15-7-9-17(10-8-15)19-13-11-18(12-14-19)16-5-3-2-4-6-16;1-11-6-5-9-13(10-11)12-7-3-2-4-8-12;1-11-7-9-13(10-8-11)12-5-3-2-4-6-12;1-9-6-7-10-4-2-3-5-11(10)8-9/h5*2-14H,1H3;2*2-10H,1H3;2-8H,1H3. The molecule has 0 saturated heterocycles. The van der Waals surface area contributed by atoms with Crippen LogP contribution in [0.15, 0.2) is 546 Å². The fourth-order valence-corrected chi connectivity index (χ4v) is 15.6. The van der Waals surface area contributed by atoms with E-state index < -0.39 is 0 Å². The first-order valence-electron chi connectivity index (χ1n) is 45.5. The molecule has 0 atom stereocenters. The average Bonchev–Trinajstić information content (AvgIpc) is 1.54. The lowest BCUT2D eigenvalue weighted by Crippen LogP contribution is -1.84. The maximum atomic E-state index is 2.26. The van der Waals surface area contributed by atoms with E-state index in [1.807, 2.05) is 36.4 Å². The largest absolute Gasteiger partial charge is 0.0622 e. The first-order valence-corrected chi connectivity index (χ1v) is 45.5. The Morgan fingerprint density at radius 2 is 0.227 bits per heavy atom. The van der Waals surface area contributed by atoms with E-state index in [9.17, 15) is 0 Å². The lowest BCUT2D eigenvalue weighted by molar-refractivity contribution is 1.46. The van der Waals surface area contributed by atoms with Crippen LogP contribution >= 0.6 is 0 Å². The second-order valence-corrected chi connectivity index (χ2v) is 33.4. The van der Waals surface area contributed by atoms with E-state index in [0.29, 0.717) is 0 Å². The zero-order chi connectivity index (χ0) is 91.3. The minimum atomic E-state index is 1.26. The highest BCUT2D eigenvalue weighted by Crippen LogP contribution is 2.34. The van der Waals surface area contributed by atoms with Crippen LogP contribution in [0.3, 0.4) is 0 Å². The Morgan fingerprint density at radius 1 is 0.0758 bits per heavy atom. The fourth-order valence-electron chi connectivity index (χ4n) is 15.6. The molecule has 0 N–H and O–H groups in total. The molecule has 21 aromatic rings. The summed E-state index contributed by atoms with van der Waals surface area (Å²) in [4.78, 5) is 0. The Balaban J connectivity index is 0.000000122. The molecular weight excluding hydrogens is 1590 g/mol. The highest BCUT2D eigenvalue weighted by atomic mass is 14.1. The molecule has 0 radical (unpaired) electrons. The average molecular weight is 1700 g/mol. The van der Waals surface area contributed by atoms with Gasteiger partial charge in [0.05, 0.1) is 0 Å². The maximum absolute atomic E-state index is 2.26. The molecule has 21 aromatic carbocycles. The summed E-state index contributed by atoms with van der Waals surface area (Å²) >= 11 is 0. The van der Waals surface area contributed by atoms with Crippen molar-refractivity contribution in [2.24, 2.45) is 0 Å². The van der Waals surface area contributed by atoms with Gasteiger partial charge in [0.25, 0.3) is 0 Å². The van der Waals surface area contributed by atoms with Crippen molar-refractivity contribution in [3.05, 3.63) is 590 Å². The van der Waals surface area contributed by atoms with Crippen LogP contribution in [-0.4, -0.2) is 0 Å². The molecule has 0 bridgehead atoms. The third-order valence-corrected chi connectivity index (χ3v) is 22.9. The molecule has 0 saturated carbocycles. The lowest BCUT2D eigenvalue weighted by Gasteiger charge is -2.08. The number of fused-ring (bicyclic) bond motifs is 1. The number of hydrogen-bond acceptors (Lipinski definition) is 0. The molecule has 642 valence electrons. The van der Waals surface area contributed by atoms with Gasteiger partial charge in [-0.05, 0) is 223 Å². The van der Waals surface area contributed by atoms with Gasteiger partial charge in [0.15, 0.2) is 0 Å². The van der Waals surface area contributed by atoms with Gasteiger partial charge in [0, 0.05) is 0 Å². The molecule has 0 fully saturated rings. The molecular formula is C132H114. The van der Waals surface area contributed by atoms with Crippen LogP contribution in [-0.2, 0) is 0 Å². The first kappa shape index (κ1) is 92.1. The third-order valence-electron chi connectivity index (χ3n) is 22.9. The summed E-state index contributed by atoms with van der Waals surface area (Å²) in [6.07, 6.45) is 0. The second kappa shape index (κ2) is 48.2. The zero-order valence-corrected chi connectivity index (χ0v) is 77.0. The van der Waals surface area contributed by atoms with E-state index in [-0.39, 0.29) is 0 Å². The number of hydrogen-bond donors (Lipinski definition) is 0. The fraction of sp³-hybridized carbons (Fsp3) is 0.0606. The van der Waals surface area contributed by atoms with Crippen LogP contribution in [0.1, 0.15) is 44.5 Å². The Bertz CT molecular complexity index is 6960. The van der Waals surface area contributed by atoms with Crippen molar-refractivity contribution >= 4 is 10.8 Å². The molecule has 0 amide bonds. The molecule has 0 heterocycles. The first-order chi connectivity index (χ1) is 64.7. The Kier molecular flexibility index (Phi) is 33.6. The van der Waals surface area contributed by atoms with Crippen molar-refractivity contribution in [2.45, 2.75) is 55.4 Å². The Morgan fingerprint density at radius 3 is 0.492 bits per heavy atom. The van der Waals surface area contributed by atoms with Crippen molar-refractivity contribution in [1.82, 2.24) is 0 Å². The monoisotopic (exact) mass is 1700 g/mol. The van der Waals surface area contributed by atoms with Gasteiger partial charge in [-0.25, -0.2) is 0 Å². The molecule has 0 spiro atoms. The van der Waals surface area contributed by atoms with Crippen LogP contribution in [0.5, 0.6) is 0 Å². The third kappa shape index (κ3) is 27.9. The normalized spacial score (nSPS) is 10.3. The predicted molar refractivity (Wildman–Crippen MR) is 572 cm³/mol. The van der Waals surface area contributed by atoms with Gasteiger partial charge in [-0.2, -0.15) is 0 Å². The second-order valence-electron chi connectivity index (χ2n) is 33.4. The predicted octanol–water partition coefficient (Wildman–Crippen LogP) is 37.1. The summed E-state index contributed by atoms with van der Waals surface area (Å²) in [6.45, 7) is 17.0. The van der Waals surface area contributed by atoms with Gasteiger partial charge in [0.1, 0.15) is 0 Å². The number of rotatable bonds is 12. The summed E-state index contributed by atoms with van der Waals surface area (Å²) in [5.41, 5.74) is 40.9. The molecule has 0 aromatic heterocycles. The van der Waals surface area contributed by atoms with Crippen LogP contribution in [0.25, 0.3) is 144 Å². The van der Waals surface area contributed by atoms with Crippen molar-refractivity contribution in [3.63, 3.8) is 0 Å². The van der Waals surface area contributed by atoms with Crippen molar-refractivity contribution in [3.8, 4) is 134 Å². The van der Waals surface area contributed by atoms with E-state index >= 15 is 0 Å². The van der Waals surface area contributed by atoms with Gasteiger partial charge in [-0.3, -0.25) is 0 Å². The Hall–Kier alpha value is -16.1. The van der Waals surface area contributed by atoms with Crippen LogP contribution < -0.4 is 0 Å². The van der Waals surface area contributed by atoms with Gasteiger partial charge >= 0.3 is 0 Å². The molecule has 0 nitrogen and oxygen atoms in total. The highest BCUT2D eigenvalue weighted by molar-refractivity contribution is 5.84. The van der Waals surface area contributed by atoms with Gasteiger partial charge in [0.2, 0.25) is 0 Å². The summed E-state index contributed by atoms with van der Waals surface area (Å²) in [7, 11) is 0. The zero-order valence-electron chi connectivity index (χ0n) is 77.0. The van der Waals surface area contributed by atoms with Gasteiger partial charge in [-0.15, -0.1) is 0 Å². The smallest absolute Gasteiger partial charge is 0.0175 e. The van der Waals surface area contributed by atoms with E-state index in [1.54, 1.807) is 0 Å². The Labute approximate surface area is 784 Å². The summed E-state index contributed by atoms with van der Waals surface area (Å²) in [5.74, 6) is 0. The highest BCUT2D eigenvalue weighted by Gasteiger charge is 2.09. The molecule has 0 aliphatic rings. The van der Waals surface area contributed by atoms with Crippen LogP contribution in [0.4, 0.5) is 0 Å². The topological polar surface area (TPSA) is 0 Å². The molecule has 132 heavy (non-hydrogen) atoms. The van der Waals surface area contributed by atoms with E-state index in [1.165, 1.54) is 189 Å². The van der Waals surface area contributed by atoms with E-state index in [0.717, 1.165) is 0 Å². The van der Waals surface area contributed by atoms with Crippen LogP contribution in [0.2, 0.25) is 0 Å². The van der Waals surface area contributed by atoms with Gasteiger partial charge in [-0.1, -0.05) is 567 Å². The molecule has 21 rings (SSSR count). The quantitative estimate of drug-likeness (QED) is 0.114.